The summed E-state index contributed by atoms with van der Waals surface area (Å²) in [6, 6.07) is 4.66. The first-order valence-electron chi connectivity index (χ1n) is 9.23. The van der Waals surface area contributed by atoms with Crippen molar-refractivity contribution in [2.45, 2.75) is 33.1 Å². The minimum Gasteiger partial charge on any atom is -0.426 e. The molecule has 1 saturated carbocycles. The van der Waals surface area contributed by atoms with E-state index in [2.05, 4.69) is 25.1 Å². The van der Waals surface area contributed by atoms with Crippen LogP contribution < -0.4 is 4.74 Å². The number of fused-ring (bicyclic) bond motifs is 2. The highest BCUT2D eigenvalue weighted by atomic mass is 19.1. The van der Waals surface area contributed by atoms with Gasteiger partial charge in [-0.25, -0.2) is 4.39 Å². The largest absolute Gasteiger partial charge is 0.426 e. The maximum absolute atomic E-state index is 14.6. The Kier molecular flexibility index (Phi) is 5.28. The molecule has 0 spiro atoms. The highest BCUT2D eigenvalue weighted by molar-refractivity contribution is 5.76. The number of esters is 1. The Hall–Kier alpha value is -1.68. The van der Waals surface area contributed by atoms with Crippen LogP contribution in [0.25, 0.3) is 5.57 Å². The SMILES string of the molecule is CC(C)C(=O)Oc1ccc(F)c(C2=CC3CCC(C3)[C@@H]2CN(C)C)c1. The van der Waals surface area contributed by atoms with Crippen LogP contribution in [0.15, 0.2) is 24.3 Å². The molecule has 0 N–H and O–H groups in total. The quantitative estimate of drug-likeness (QED) is 0.586. The van der Waals surface area contributed by atoms with Gasteiger partial charge in [-0.05, 0) is 74.9 Å². The second-order valence-electron chi connectivity index (χ2n) is 8.04. The molecular formula is C21H28FNO2. The average Bonchev–Trinajstić information content (AvgIpc) is 2.94. The molecular weight excluding hydrogens is 317 g/mol. The second-order valence-corrected chi connectivity index (χ2v) is 8.04. The number of ether oxygens (including phenoxy) is 1. The van der Waals surface area contributed by atoms with Gasteiger partial charge in [0.25, 0.3) is 0 Å². The summed E-state index contributed by atoms with van der Waals surface area (Å²) < 4.78 is 20.0. The molecule has 0 saturated heterocycles. The zero-order chi connectivity index (χ0) is 18.1. The third-order valence-corrected chi connectivity index (χ3v) is 5.40. The number of carbonyl (C=O) groups is 1. The van der Waals surface area contributed by atoms with Crippen molar-refractivity contribution in [2.75, 3.05) is 20.6 Å². The molecule has 25 heavy (non-hydrogen) atoms. The molecule has 3 rings (SSSR count). The molecule has 3 atom stereocenters. The minimum atomic E-state index is -0.292. The van der Waals surface area contributed by atoms with Crippen LogP contribution in [0.1, 0.15) is 38.7 Å². The molecule has 0 radical (unpaired) electrons. The number of hydrogen-bond donors (Lipinski definition) is 0. The Morgan fingerprint density at radius 3 is 2.76 bits per heavy atom. The lowest BCUT2D eigenvalue weighted by Gasteiger charge is -2.33. The smallest absolute Gasteiger partial charge is 0.313 e. The van der Waals surface area contributed by atoms with Crippen LogP contribution in [0.3, 0.4) is 0 Å². The summed E-state index contributed by atoms with van der Waals surface area (Å²) in [5, 5.41) is 0. The van der Waals surface area contributed by atoms with Gasteiger partial charge in [-0.2, -0.15) is 0 Å². The molecule has 4 heteroatoms. The van der Waals surface area contributed by atoms with Gasteiger partial charge in [-0.3, -0.25) is 4.79 Å². The van der Waals surface area contributed by atoms with Crippen molar-refractivity contribution in [3.63, 3.8) is 0 Å². The predicted octanol–water partition coefficient (Wildman–Crippen LogP) is 4.38. The maximum atomic E-state index is 14.6. The summed E-state index contributed by atoms with van der Waals surface area (Å²) in [4.78, 5) is 14.0. The van der Waals surface area contributed by atoms with Crippen LogP contribution in [-0.2, 0) is 4.79 Å². The van der Waals surface area contributed by atoms with Crippen molar-refractivity contribution in [1.29, 1.82) is 0 Å². The highest BCUT2D eigenvalue weighted by Gasteiger charge is 2.38. The third kappa shape index (κ3) is 3.95. The van der Waals surface area contributed by atoms with E-state index < -0.39 is 0 Å². The van der Waals surface area contributed by atoms with Crippen LogP contribution in [0.5, 0.6) is 5.75 Å². The average molecular weight is 345 g/mol. The van der Waals surface area contributed by atoms with E-state index in [1.165, 1.54) is 31.4 Å². The summed E-state index contributed by atoms with van der Waals surface area (Å²) in [6.45, 7) is 4.50. The van der Waals surface area contributed by atoms with Gasteiger partial charge in [0, 0.05) is 12.1 Å². The Bertz CT molecular complexity index is 680. The van der Waals surface area contributed by atoms with E-state index in [1.54, 1.807) is 19.9 Å². The van der Waals surface area contributed by atoms with Gasteiger partial charge in [0.05, 0.1) is 5.92 Å². The first-order chi connectivity index (χ1) is 11.8. The lowest BCUT2D eigenvalue weighted by Crippen LogP contribution is -2.29. The molecule has 0 heterocycles. The number of rotatable bonds is 5. The monoisotopic (exact) mass is 345 g/mol. The Morgan fingerprint density at radius 2 is 2.08 bits per heavy atom. The van der Waals surface area contributed by atoms with Crippen LogP contribution in [-0.4, -0.2) is 31.5 Å². The molecule has 3 nitrogen and oxygen atoms in total. The summed E-state index contributed by atoms with van der Waals surface area (Å²) in [5.74, 6) is 1.20. The standard InChI is InChI=1S/C21H28FNO2/c1-13(2)21(24)25-16-7-8-20(22)18(11-16)17-10-14-5-6-15(9-14)19(17)12-23(3)4/h7-8,10-11,13-15,19H,5-6,9,12H2,1-4H3/t14?,15?,19-/m0/s1. The van der Waals surface area contributed by atoms with Crippen molar-refractivity contribution >= 4 is 11.5 Å². The van der Waals surface area contributed by atoms with Crippen molar-refractivity contribution in [3.05, 3.63) is 35.7 Å². The van der Waals surface area contributed by atoms with E-state index >= 15 is 0 Å². The van der Waals surface area contributed by atoms with Gasteiger partial charge in [0.2, 0.25) is 0 Å². The summed E-state index contributed by atoms with van der Waals surface area (Å²) in [5.41, 5.74) is 1.69. The second kappa shape index (κ2) is 7.28. The highest BCUT2D eigenvalue weighted by Crippen LogP contribution is 2.48. The summed E-state index contributed by atoms with van der Waals surface area (Å²) in [7, 11) is 4.13. The number of allylic oxidation sites excluding steroid dienone is 1. The molecule has 0 amide bonds. The van der Waals surface area contributed by atoms with Gasteiger partial charge in [0.1, 0.15) is 11.6 Å². The van der Waals surface area contributed by atoms with Gasteiger partial charge >= 0.3 is 5.97 Å². The van der Waals surface area contributed by atoms with Crippen molar-refractivity contribution in [1.82, 2.24) is 4.90 Å². The van der Waals surface area contributed by atoms with Gasteiger partial charge in [-0.1, -0.05) is 19.9 Å². The molecule has 0 aliphatic heterocycles. The molecule has 136 valence electrons. The van der Waals surface area contributed by atoms with E-state index in [4.69, 9.17) is 4.74 Å². The van der Waals surface area contributed by atoms with Crippen LogP contribution in [0, 0.1) is 29.5 Å². The van der Waals surface area contributed by atoms with E-state index in [1.807, 2.05) is 0 Å². The lowest BCUT2D eigenvalue weighted by atomic mass is 9.76. The number of benzene rings is 1. The van der Waals surface area contributed by atoms with Gasteiger partial charge in [0.15, 0.2) is 0 Å². The zero-order valence-corrected chi connectivity index (χ0v) is 15.6. The first kappa shape index (κ1) is 18.1. The molecule has 2 aliphatic carbocycles. The Balaban J connectivity index is 1.94. The summed E-state index contributed by atoms with van der Waals surface area (Å²) in [6.07, 6.45) is 5.89. The predicted molar refractivity (Wildman–Crippen MR) is 97.7 cm³/mol. The normalized spacial score (nSPS) is 25.4. The maximum Gasteiger partial charge on any atom is 0.313 e. The molecule has 2 bridgehead atoms. The third-order valence-electron chi connectivity index (χ3n) is 5.40. The van der Waals surface area contributed by atoms with Crippen molar-refractivity contribution < 1.29 is 13.9 Å². The van der Waals surface area contributed by atoms with Crippen LogP contribution in [0.2, 0.25) is 0 Å². The van der Waals surface area contributed by atoms with Gasteiger partial charge in [-0.15, -0.1) is 0 Å². The molecule has 0 aromatic heterocycles. The van der Waals surface area contributed by atoms with E-state index in [0.29, 0.717) is 29.1 Å². The molecule has 1 fully saturated rings. The van der Waals surface area contributed by atoms with Gasteiger partial charge < -0.3 is 9.64 Å². The van der Waals surface area contributed by atoms with Crippen molar-refractivity contribution in [3.8, 4) is 5.75 Å². The summed E-state index contributed by atoms with van der Waals surface area (Å²) >= 11 is 0. The molecule has 2 aliphatic rings. The zero-order valence-electron chi connectivity index (χ0n) is 15.6. The van der Waals surface area contributed by atoms with E-state index in [0.717, 1.165) is 12.1 Å². The van der Waals surface area contributed by atoms with E-state index in [9.17, 15) is 9.18 Å². The fraction of sp³-hybridized carbons (Fsp3) is 0.571. The van der Waals surface area contributed by atoms with E-state index in [-0.39, 0.29) is 17.7 Å². The fourth-order valence-corrected chi connectivity index (χ4v) is 4.15. The lowest BCUT2D eigenvalue weighted by molar-refractivity contribution is -0.137. The van der Waals surface area contributed by atoms with Crippen LogP contribution >= 0.6 is 0 Å². The number of hydrogen-bond acceptors (Lipinski definition) is 3. The number of nitrogens with zero attached hydrogens (tertiary/aromatic N) is 1. The fourth-order valence-electron chi connectivity index (χ4n) is 4.15. The first-order valence-corrected chi connectivity index (χ1v) is 9.23. The molecule has 1 aromatic rings. The number of carbonyl (C=O) groups excluding carboxylic acids is 1. The molecule has 1 aromatic carbocycles. The number of halogens is 1. The Labute approximate surface area is 149 Å². The molecule has 2 unspecified atom stereocenters. The topological polar surface area (TPSA) is 29.5 Å². The Morgan fingerprint density at radius 1 is 1.32 bits per heavy atom. The van der Waals surface area contributed by atoms with Crippen molar-refractivity contribution in [2.24, 2.45) is 23.7 Å². The minimum absolute atomic E-state index is 0.209. The van der Waals surface area contributed by atoms with Crippen LogP contribution in [0.4, 0.5) is 4.39 Å².